The third-order valence-electron chi connectivity index (χ3n) is 6.11. The number of pyridine rings is 4. The van der Waals surface area contributed by atoms with Crippen molar-refractivity contribution in [1.29, 1.82) is 0 Å². The standard InChI is InChI=1S/C27H23N9O/c1-2-3-4-22(37)32-19-11-17(13-29-15-19)18-12-20-24(35-36-26(20)31-14-18)27-33-21-7-10-30-23(25(21)34-27)16-5-8-28-9-6-16/h5-15H,2-4H2,1H3,(H,32,37)(H,33,34)(H,31,35,36). The molecule has 37 heavy (non-hydrogen) atoms. The first-order valence-corrected chi connectivity index (χ1v) is 12.0. The molecule has 10 heteroatoms. The molecule has 3 N–H and O–H groups in total. The number of aromatic amines is 2. The Morgan fingerprint density at radius 3 is 2.65 bits per heavy atom. The molecule has 0 atom stereocenters. The van der Waals surface area contributed by atoms with Crippen LogP contribution in [0, 0.1) is 0 Å². The molecule has 1 amide bonds. The number of amides is 1. The summed E-state index contributed by atoms with van der Waals surface area (Å²) in [5.74, 6) is 0.593. The van der Waals surface area contributed by atoms with E-state index in [1.807, 2.05) is 30.3 Å². The van der Waals surface area contributed by atoms with Gasteiger partial charge in [-0.1, -0.05) is 13.3 Å². The van der Waals surface area contributed by atoms with Crippen molar-refractivity contribution in [2.24, 2.45) is 0 Å². The van der Waals surface area contributed by atoms with Gasteiger partial charge in [-0.3, -0.25) is 24.8 Å². The zero-order chi connectivity index (χ0) is 25.2. The number of carbonyl (C=O) groups excluding carboxylic acids is 1. The van der Waals surface area contributed by atoms with Gasteiger partial charge in [0.1, 0.15) is 11.2 Å². The Morgan fingerprint density at radius 2 is 1.78 bits per heavy atom. The first kappa shape index (κ1) is 22.5. The van der Waals surface area contributed by atoms with Crippen LogP contribution in [0.3, 0.4) is 0 Å². The lowest BCUT2D eigenvalue weighted by Gasteiger charge is -2.07. The van der Waals surface area contributed by atoms with Crippen LogP contribution in [-0.4, -0.2) is 46.0 Å². The Balaban J connectivity index is 1.37. The van der Waals surface area contributed by atoms with Crippen LogP contribution in [0.5, 0.6) is 0 Å². The Hall–Kier alpha value is -4.99. The second-order valence-corrected chi connectivity index (χ2v) is 8.68. The number of rotatable bonds is 7. The first-order valence-electron chi connectivity index (χ1n) is 12.0. The molecule has 0 aliphatic carbocycles. The van der Waals surface area contributed by atoms with Crippen molar-refractivity contribution in [3.05, 3.63) is 67.5 Å². The van der Waals surface area contributed by atoms with Gasteiger partial charge >= 0.3 is 0 Å². The molecule has 0 spiro atoms. The molecule has 0 fully saturated rings. The largest absolute Gasteiger partial charge is 0.336 e. The Kier molecular flexibility index (Phi) is 5.81. The summed E-state index contributed by atoms with van der Waals surface area (Å²) in [6.45, 7) is 2.06. The van der Waals surface area contributed by atoms with Crippen molar-refractivity contribution < 1.29 is 4.79 Å². The zero-order valence-electron chi connectivity index (χ0n) is 20.1. The Bertz CT molecular complexity index is 1720. The van der Waals surface area contributed by atoms with Gasteiger partial charge in [0.15, 0.2) is 11.5 Å². The molecule has 0 bridgehead atoms. The van der Waals surface area contributed by atoms with E-state index in [-0.39, 0.29) is 5.91 Å². The molecule has 0 aliphatic heterocycles. The predicted molar refractivity (Wildman–Crippen MR) is 141 cm³/mol. The molecule has 0 unspecified atom stereocenters. The highest BCUT2D eigenvalue weighted by atomic mass is 16.1. The van der Waals surface area contributed by atoms with E-state index in [4.69, 9.17) is 4.98 Å². The predicted octanol–water partition coefficient (Wildman–Crippen LogP) is 5.15. The minimum atomic E-state index is -0.0167. The molecule has 0 saturated carbocycles. The Morgan fingerprint density at radius 1 is 0.919 bits per heavy atom. The van der Waals surface area contributed by atoms with Gasteiger partial charge in [-0.05, 0) is 36.8 Å². The van der Waals surface area contributed by atoms with E-state index in [9.17, 15) is 4.79 Å². The molecule has 6 aromatic heterocycles. The number of nitrogens with one attached hydrogen (secondary N) is 3. The monoisotopic (exact) mass is 489 g/mol. The summed E-state index contributed by atoms with van der Waals surface area (Å²) in [4.78, 5) is 37.9. The van der Waals surface area contributed by atoms with E-state index < -0.39 is 0 Å². The van der Waals surface area contributed by atoms with Gasteiger partial charge in [-0.2, -0.15) is 5.10 Å². The fourth-order valence-electron chi connectivity index (χ4n) is 4.24. The normalized spacial score (nSPS) is 11.3. The molecule has 182 valence electrons. The van der Waals surface area contributed by atoms with Crippen molar-refractivity contribution in [3.63, 3.8) is 0 Å². The summed E-state index contributed by atoms with van der Waals surface area (Å²) < 4.78 is 0. The van der Waals surface area contributed by atoms with Crippen LogP contribution in [-0.2, 0) is 4.79 Å². The van der Waals surface area contributed by atoms with E-state index in [0.717, 1.165) is 51.6 Å². The number of unbranched alkanes of at least 4 members (excludes halogenated alkanes) is 1. The number of carbonyl (C=O) groups is 1. The fourth-order valence-corrected chi connectivity index (χ4v) is 4.24. The van der Waals surface area contributed by atoms with Gasteiger partial charge in [-0.25, -0.2) is 9.97 Å². The summed E-state index contributed by atoms with van der Waals surface area (Å²) in [6.07, 6.45) is 12.7. The molecule has 0 aromatic carbocycles. The van der Waals surface area contributed by atoms with Crippen LogP contribution in [0.25, 0.3) is 56.0 Å². The summed E-state index contributed by atoms with van der Waals surface area (Å²) in [6, 6.07) is 9.60. The summed E-state index contributed by atoms with van der Waals surface area (Å²) in [5.41, 5.74) is 6.94. The number of hydrogen-bond donors (Lipinski definition) is 3. The maximum absolute atomic E-state index is 12.2. The molecule has 0 saturated heterocycles. The number of aromatic nitrogens is 8. The average Bonchev–Trinajstić information content (AvgIpc) is 3.56. The topological polar surface area (TPSA) is 138 Å². The van der Waals surface area contributed by atoms with Crippen molar-refractivity contribution in [3.8, 4) is 33.9 Å². The van der Waals surface area contributed by atoms with Gasteiger partial charge in [0.25, 0.3) is 0 Å². The van der Waals surface area contributed by atoms with Crippen LogP contribution >= 0.6 is 0 Å². The number of hydrogen-bond acceptors (Lipinski definition) is 7. The van der Waals surface area contributed by atoms with Crippen LogP contribution in [0.4, 0.5) is 5.69 Å². The van der Waals surface area contributed by atoms with E-state index >= 15 is 0 Å². The molecule has 6 heterocycles. The summed E-state index contributed by atoms with van der Waals surface area (Å²) in [7, 11) is 0. The maximum Gasteiger partial charge on any atom is 0.224 e. The summed E-state index contributed by atoms with van der Waals surface area (Å²) in [5, 5.41) is 11.2. The lowest BCUT2D eigenvalue weighted by atomic mass is 10.1. The molecule has 6 rings (SSSR count). The fraction of sp³-hybridized carbons (Fsp3) is 0.148. The minimum absolute atomic E-state index is 0.0167. The van der Waals surface area contributed by atoms with Gasteiger partial charge < -0.3 is 10.3 Å². The van der Waals surface area contributed by atoms with Crippen molar-refractivity contribution in [2.75, 3.05) is 5.32 Å². The number of nitrogens with zero attached hydrogens (tertiary/aromatic N) is 6. The van der Waals surface area contributed by atoms with Crippen molar-refractivity contribution in [2.45, 2.75) is 26.2 Å². The molecule has 0 aliphatic rings. The number of imidazole rings is 1. The maximum atomic E-state index is 12.2. The number of anilines is 1. The van der Waals surface area contributed by atoms with Gasteiger partial charge in [0.05, 0.1) is 28.5 Å². The highest BCUT2D eigenvalue weighted by Crippen LogP contribution is 2.31. The number of fused-ring (bicyclic) bond motifs is 2. The quantitative estimate of drug-likeness (QED) is 0.282. The second-order valence-electron chi connectivity index (χ2n) is 8.68. The van der Waals surface area contributed by atoms with Crippen LogP contribution < -0.4 is 5.32 Å². The molecule has 10 nitrogen and oxygen atoms in total. The first-order chi connectivity index (χ1) is 18.2. The van der Waals surface area contributed by atoms with Crippen molar-refractivity contribution >= 4 is 33.7 Å². The number of H-pyrrole nitrogens is 2. The third kappa shape index (κ3) is 4.40. The van der Waals surface area contributed by atoms with Crippen LogP contribution in [0.15, 0.2) is 67.5 Å². The average molecular weight is 490 g/mol. The second kappa shape index (κ2) is 9.57. The molecular formula is C27H23N9O. The summed E-state index contributed by atoms with van der Waals surface area (Å²) >= 11 is 0. The van der Waals surface area contributed by atoms with E-state index in [1.165, 1.54) is 0 Å². The van der Waals surface area contributed by atoms with E-state index in [2.05, 4.69) is 47.4 Å². The minimum Gasteiger partial charge on any atom is -0.336 e. The Labute approximate surface area is 211 Å². The van der Waals surface area contributed by atoms with E-state index in [1.54, 1.807) is 37.2 Å². The van der Waals surface area contributed by atoms with Gasteiger partial charge in [0.2, 0.25) is 5.91 Å². The highest BCUT2D eigenvalue weighted by molar-refractivity contribution is 5.96. The third-order valence-corrected chi connectivity index (χ3v) is 6.11. The van der Waals surface area contributed by atoms with Crippen LogP contribution in [0.1, 0.15) is 26.2 Å². The highest BCUT2D eigenvalue weighted by Gasteiger charge is 2.17. The lowest BCUT2D eigenvalue weighted by Crippen LogP contribution is -2.11. The van der Waals surface area contributed by atoms with Gasteiger partial charge in [-0.15, -0.1) is 0 Å². The zero-order valence-corrected chi connectivity index (χ0v) is 20.1. The smallest absolute Gasteiger partial charge is 0.224 e. The lowest BCUT2D eigenvalue weighted by molar-refractivity contribution is -0.116. The molecular weight excluding hydrogens is 466 g/mol. The van der Waals surface area contributed by atoms with Gasteiger partial charge in [0, 0.05) is 54.1 Å². The molecule has 0 radical (unpaired) electrons. The van der Waals surface area contributed by atoms with Crippen molar-refractivity contribution in [1.82, 2.24) is 40.1 Å². The van der Waals surface area contributed by atoms with Crippen LogP contribution in [0.2, 0.25) is 0 Å². The SMILES string of the molecule is CCCCC(=O)Nc1cncc(-c2cnc3[nH]nc(-c4nc5c(-c6ccncc6)nccc5[nH]4)c3c2)c1. The van der Waals surface area contributed by atoms with E-state index in [0.29, 0.717) is 29.3 Å². The molecule has 6 aromatic rings.